The normalized spacial score (nSPS) is 21.8. The first kappa shape index (κ1) is 16.7. The largest absolute Gasteiger partial charge is 0.494 e. The van der Waals surface area contributed by atoms with Gasteiger partial charge in [-0.25, -0.2) is 4.39 Å². The minimum atomic E-state index is -0.469. The van der Waals surface area contributed by atoms with Gasteiger partial charge in [0.15, 0.2) is 11.6 Å². The Morgan fingerprint density at radius 1 is 1.50 bits per heavy atom. The van der Waals surface area contributed by atoms with Crippen molar-refractivity contribution < 1.29 is 23.8 Å². The highest BCUT2D eigenvalue weighted by Gasteiger charge is 2.35. The monoisotopic (exact) mass is 311 g/mol. The van der Waals surface area contributed by atoms with E-state index in [1.807, 2.05) is 6.92 Å². The van der Waals surface area contributed by atoms with Gasteiger partial charge in [-0.1, -0.05) is 6.07 Å². The number of rotatable bonds is 7. The zero-order chi connectivity index (χ0) is 16.1. The highest BCUT2D eigenvalue weighted by atomic mass is 19.1. The van der Waals surface area contributed by atoms with E-state index in [2.05, 4.69) is 5.32 Å². The lowest BCUT2D eigenvalue weighted by Crippen LogP contribution is -2.42. The Morgan fingerprint density at radius 3 is 2.77 bits per heavy atom. The molecule has 1 amide bonds. The van der Waals surface area contributed by atoms with E-state index < -0.39 is 5.82 Å². The summed E-state index contributed by atoms with van der Waals surface area (Å²) in [6.07, 6.45) is 0.833. The number of aliphatic hydroxyl groups is 1. The number of nitrogens with one attached hydrogen (secondary N) is 1. The topological polar surface area (TPSA) is 67.8 Å². The summed E-state index contributed by atoms with van der Waals surface area (Å²) in [7, 11) is 1.40. The molecule has 0 unspecified atom stereocenters. The second kappa shape index (κ2) is 7.56. The number of aliphatic hydroxyl groups excluding tert-OH is 1. The summed E-state index contributed by atoms with van der Waals surface area (Å²) in [5, 5.41) is 12.4. The van der Waals surface area contributed by atoms with Crippen LogP contribution in [0.3, 0.4) is 0 Å². The maximum Gasteiger partial charge on any atom is 0.246 e. The number of carbonyl (C=O) groups is 1. The first-order valence-electron chi connectivity index (χ1n) is 7.43. The molecule has 6 heteroatoms. The molecule has 1 atom stereocenters. The van der Waals surface area contributed by atoms with Crippen molar-refractivity contribution in [2.75, 3.05) is 20.3 Å². The van der Waals surface area contributed by atoms with Gasteiger partial charge in [-0.3, -0.25) is 4.79 Å². The predicted octanol–water partition coefficient (Wildman–Crippen LogP) is 1.80. The number of amides is 1. The predicted molar refractivity (Wildman–Crippen MR) is 79.1 cm³/mol. The fourth-order valence-electron chi connectivity index (χ4n) is 2.66. The van der Waals surface area contributed by atoms with Gasteiger partial charge in [-0.15, -0.1) is 0 Å². The molecule has 0 radical (unpaired) electrons. The average molecular weight is 311 g/mol. The third-order valence-corrected chi connectivity index (χ3v) is 3.91. The molecule has 1 saturated carbocycles. The SMILES string of the molecule is CCOCC(=O)N[C@@H](c1ccc(OC)c(F)c1)C1CC(O)C1. The smallest absolute Gasteiger partial charge is 0.246 e. The van der Waals surface area contributed by atoms with Gasteiger partial charge in [0.2, 0.25) is 5.91 Å². The molecule has 1 aromatic carbocycles. The third-order valence-electron chi connectivity index (χ3n) is 3.91. The van der Waals surface area contributed by atoms with Crippen molar-refractivity contribution >= 4 is 5.91 Å². The van der Waals surface area contributed by atoms with Crippen molar-refractivity contribution in [1.82, 2.24) is 5.32 Å². The van der Waals surface area contributed by atoms with Crippen molar-refractivity contribution in [2.24, 2.45) is 5.92 Å². The summed E-state index contributed by atoms with van der Waals surface area (Å²) in [4.78, 5) is 11.9. The Kier molecular flexibility index (Phi) is 5.74. The van der Waals surface area contributed by atoms with Crippen LogP contribution in [0.2, 0.25) is 0 Å². The lowest BCUT2D eigenvalue weighted by atomic mass is 9.75. The van der Waals surface area contributed by atoms with Crippen LogP contribution in [0.1, 0.15) is 31.4 Å². The van der Waals surface area contributed by atoms with E-state index in [-0.39, 0.29) is 36.3 Å². The highest BCUT2D eigenvalue weighted by Crippen LogP contribution is 2.38. The Bertz CT molecular complexity index is 517. The summed E-state index contributed by atoms with van der Waals surface area (Å²) >= 11 is 0. The van der Waals surface area contributed by atoms with Crippen LogP contribution in [0.25, 0.3) is 0 Å². The Morgan fingerprint density at radius 2 is 2.23 bits per heavy atom. The van der Waals surface area contributed by atoms with Crippen LogP contribution in [0.15, 0.2) is 18.2 Å². The first-order valence-corrected chi connectivity index (χ1v) is 7.43. The summed E-state index contributed by atoms with van der Waals surface area (Å²) in [5.74, 6) is -0.460. The molecule has 5 nitrogen and oxygen atoms in total. The van der Waals surface area contributed by atoms with Crippen molar-refractivity contribution in [1.29, 1.82) is 0 Å². The lowest BCUT2D eigenvalue weighted by molar-refractivity contribution is -0.127. The number of methoxy groups -OCH3 is 1. The fraction of sp³-hybridized carbons (Fsp3) is 0.562. The van der Waals surface area contributed by atoms with Crippen LogP contribution in [0.4, 0.5) is 4.39 Å². The summed E-state index contributed by atoms with van der Waals surface area (Å²) in [6, 6.07) is 4.31. The van der Waals surface area contributed by atoms with E-state index in [9.17, 15) is 14.3 Å². The minimum Gasteiger partial charge on any atom is -0.494 e. The van der Waals surface area contributed by atoms with E-state index in [1.165, 1.54) is 13.2 Å². The molecule has 2 rings (SSSR count). The van der Waals surface area contributed by atoms with Gasteiger partial charge in [0.1, 0.15) is 6.61 Å². The van der Waals surface area contributed by atoms with Gasteiger partial charge in [-0.2, -0.15) is 0 Å². The van der Waals surface area contributed by atoms with Crippen LogP contribution >= 0.6 is 0 Å². The Labute approximate surface area is 129 Å². The van der Waals surface area contributed by atoms with Crippen molar-refractivity contribution in [3.8, 4) is 5.75 Å². The molecular formula is C16H22FNO4. The second-order valence-corrected chi connectivity index (χ2v) is 5.46. The number of carbonyl (C=O) groups excluding carboxylic acids is 1. The average Bonchev–Trinajstić information content (AvgIpc) is 2.47. The summed E-state index contributed by atoms with van der Waals surface area (Å²) < 4.78 is 23.9. The van der Waals surface area contributed by atoms with E-state index in [0.717, 1.165) is 0 Å². The van der Waals surface area contributed by atoms with Gasteiger partial charge in [0.25, 0.3) is 0 Å². The van der Waals surface area contributed by atoms with Gasteiger partial charge >= 0.3 is 0 Å². The summed E-state index contributed by atoms with van der Waals surface area (Å²) in [5.41, 5.74) is 0.667. The standard InChI is InChI=1S/C16H22FNO4/c1-3-22-9-15(20)18-16(11-6-12(19)7-11)10-4-5-14(21-2)13(17)8-10/h4-5,8,11-12,16,19H,3,6-7,9H2,1-2H3,(H,18,20)/t11?,12?,16-/m0/s1. The van der Waals surface area contributed by atoms with Gasteiger partial charge in [-0.05, 0) is 43.4 Å². The number of benzene rings is 1. The Hall–Kier alpha value is -1.66. The van der Waals surface area contributed by atoms with E-state index in [0.29, 0.717) is 25.0 Å². The molecular weight excluding hydrogens is 289 g/mol. The molecule has 0 saturated heterocycles. The Balaban J connectivity index is 2.13. The van der Waals surface area contributed by atoms with Crippen molar-refractivity contribution in [3.05, 3.63) is 29.6 Å². The highest BCUT2D eigenvalue weighted by molar-refractivity contribution is 5.77. The zero-order valence-corrected chi connectivity index (χ0v) is 12.8. The maximum absolute atomic E-state index is 13.9. The van der Waals surface area contributed by atoms with E-state index >= 15 is 0 Å². The zero-order valence-electron chi connectivity index (χ0n) is 12.8. The number of ether oxygens (including phenoxy) is 2. The van der Waals surface area contributed by atoms with Crippen LogP contribution in [0.5, 0.6) is 5.75 Å². The molecule has 1 aliphatic carbocycles. The van der Waals surface area contributed by atoms with Crippen molar-refractivity contribution in [2.45, 2.75) is 31.9 Å². The van der Waals surface area contributed by atoms with Gasteiger partial charge in [0, 0.05) is 6.61 Å². The van der Waals surface area contributed by atoms with Crippen LogP contribution < -0.4 is 10.1 Å². The lowest BCUT2D eigenvalue weighted by Gasteiger charge is -2.38. The molecule has 2 N–H and O–H groups in total. The quantitative estimate of drug-likeness (QED) is 0.806. The van der Waals surface area contributed by atoms with Crippen molar-refractivity contribution in [3.63, 3.8) is 0 Å². The molecule has 0 bridgehead atoms. The van der Waals surface area contributed by atoms with Gasteiger partial charge in [0.05, 0.1) is 19.3 Å². The van der Waals surface area contributed by atoms with E-state index in [1.54, 1.807) is 12.1 Å². The van der Waals surface area contributed by atoms with E-state index in [4.69, 9.17) is 9.47 Å². The molecule has 0 aliphatic heterocycles. The molecule has 0 spiro atoms. The number of halogens is 1. The fourth-order valence-corrected chi connectivity index (χ4v) is 2.66. The first-order chi connectivity index (χ1) is 10.5. The minimum absolute atomic E-state index is 0.0269. The molecule has 0 aromatic heterocycles. The molecule has 122 valence electrons. The number of hydrogen-bond acceptors (Lipinski definition) is 4. The third kappa shape index (κ3) is 3.96. The maximum atomic E-state index is 13.9. The van der Waals surface area contributed by atoms with Crippen LogP contribution in [0, 0.1) is 11.7 Å². The molecule has 1 fully saturated rings. The summed E-state index contributed by atoms with van der Waals surface area (Å²) in [6.45, 7) is 2.24. The van der Waals surface area contributed by atoms with Gasteiger partial charge < -0.3 is 19.9 Å². The molecule has 22 heavy (non-hydrogen) atoms. The molecule has 1 aliphatic rings. The van der Waals surface area contributed by atoms with Crippen LogP contribution in [-0.4, -0.2) is 37.4 Å². The molecule has 1 aromatic rings. The molecule has 0 heterocycles. The second-order valence-electron chi connectivity index (χ2n) is 5.46. The number of hydrogen-bond donors (Lipinski definition) is 2. The van der Waals surface area contributed by atoms with Crippen LogP contribution in [-0.2, 0) is 9.53 Å².